The van der Waals surface area contributed by atoms with Crippen LogP contribution in [-0.4, -0.2) is 35.2 Å². The second kappa shape index (κ2) is 8.42. The van der Waals surface area contributed by atoms with Crippen molar-refractivity contribution < 1.29 is 14.4 Å². The van der Waals surface area contributed by atoms with Gasteiger partial charge in [-0.25, -0.2) is 0 Å². The zero-order valence-corrected chi connectivity index (χ0v) is 20.5. The van der Waals surface area contributed by atoms with Crippen molar-refractivity contribution in [1.29, 1.82) is 0 Å². The van der Waals surface area contributed by atoms with Crippen LogP contribution in [-0.2, 0) is 32.8 Å². The van der Waals surface area contributed by atoms with E-state index >= 15 is 0 Å². The Morgan fingerprint density at radius 3 is 2.22 bits per heavy atom. The summed E-state index contributed by atoms with van der Waals surface area (Å²) in [5.41, 5.74) is 4.38. The molecule has 3 aromatic rings. The maximum absolute atomic E-state index is 14.0. The number of carbonyl (C=O) groups is 3. The Balaban J connectivity index is 1.42. The van der Waals surface area contributed by atoms with E-state index in [9.17, 15) is 14.4 Å². The zero-order chi connectivity index (χ0) is 25.0. The van der Waals surface area contributed by atoms with Gasteiger partial charge in [0.05, 0.1) is 11.8 Å². The van der Waals surface area contributed by atoms with Gasteiger partial charge in [0, 0.05) is 23.8 Å². The molecule has 3 aromatic carbocycles. The van der Waals surface area contributed by atoms with E-state index in [0.29, 0.717) is 19.4 Å². The lowest BCUT2D eigenvalue weighted by molar-refractivity contribution is -0.142. The lowest BCUT2D eigenvalue weighted by atomic mass is 9.75. The summed E-state index contributed by atoms with van der Waals surface area (Å²) < 4.78 is 0. The number of nitrogens with zero attached hydrogens (tertiary/aromatic N) is 1. The van der Waals surface area contributed by atoms with Crippen LogP contribution in [0.1, 0.15) is 27.8 Å². The van der Waals surface area contributed by atoms with E-state index in [-0.39, 0.29) is 23.8 Å². The number of fused-ring (bicyclic) bond motifs is 4. The summed E-state index contributed by atoms with van der Waals surface area (Å²) in [6.45, 7) is 4.27. The summed E-state index contributed by atoms with van der Waals surface area (Å²) in [6.07, 6.45) is 1.14. The Bertz CT molecular complexity index is 1370. The molecule has 0 aromatic heterocycles. The van der Waals surface area contributed by atoms with Crippen LogP contribution in [0.2, 0.25) is 0 Å². The summed E-state index contributed by atoms with van der Waals surface area (Å²) in [4.78, 5) is 43.0. The van der Waals surface area contributed by atoms with Gasteiger partial charge in [-0.3, -0.25) is 24.6 Å². The Morgan fingerprint density at radius 2 is 1.53 bits per heavy atom. The first kappa shape index (κ1) is 22.7. The van der Waals surface area contributed by atoms with Gasteiger partial charge in [0.2, 0.25) is 17.7 Å². The summed E-state index contributed by atoms with van der Waals surface area (Å²) in [5.74, 6) is -2.08. The third kappa shape index (κ3) is 3.32. The van der Waals surface area contributed by atoms with Crippen LogP contribution in [0.3, 0.4) is 0 Å². The summed E-state index contributed by atoms with van der Waals surface area (Å²) >= 11 is 0. The molecule has 0 unspecified atom stereocenters. The molecular formula is C30H29N3O3. The number of hydrogen-bond donors (Lipinski definition) is 2. The van der Waals surface area contributed by atoms with E-state index < -0.39 is 17.4 Å². The number of benzene rings is 3. The molecule has 182 valence electrons. The Kier molecular flexibility index (Phi) is 5.30. The van der Waals surface area contributed by atoms with Crippen molar-refractivity contribution in [1.82, 2.24) is 10.2 Å². The van der Waals surface area contributed by atoms with Gasteiger partial charge in [0.15, 0.2) is 0 Å². The van der Waals surface area contributed by atoms with Gasteiger partial charge >= 0.3 is 0 Å². The fourth-order valence-electron chi connectivity index (χ4n) is 6.47. The van der Waals surface area contributed by atoms with Gasteiger partial charge in [0.25, 0.3) is 0 Å². The van der Waals surface area contributed by atoms with Crippen molar-refractivity contribution in [3.63, 3.8) is 0 Å². The molecule has 0 bridgehead atoms. The van der Waals surface area contributed by atoms with E-state index in [1.54, 1.807) is 0 Å². The first-order valence-electron chi connectivity index (χ1n) is 12.5. The number of rotatable bonds is 5. The Labute approximate surface area is 210 Å². The van der Waals surface area contributed by atoms with Crippen molar-refractivity contribution in [2.45, 2.75) is 38.3 Å². The molecule has 0 aliphatic carbocycles. The third-order valence-electron chi connectivity index (χ3n) is 8.02. The number of aryl methyl sites for hydroxylation is 2. The number of nitrogens with one attached hydrogen (secondary N) is 2. The van der Waals surface area contributed by atoms with Crippen LogP contribution in [0, 0.1) is 25.7 Å². The molecule has 2 fully saturated rings. The minimum Gasteiger partial charge on any atom is -0.324 e. The molecule has 1 spiro atoms. The van der Waals surface area contributed by atoms with Crippen molar-refractivity contribution >= 4 is 23.4 Å². The number of hydrogen-bond acceptors (Lipinski definition) is 4. The fourth-order valence-corrected chi connectivity index (χ4v) is 6.47. The minimum absolute atomic E-state index is 0.183. The number of imide groups is 1. The predicted octanol–water partition coefficient (Wildman–Crippen LogP) is 3.51. The van der Waals surface area contributed by atoms with Crippen LogP contribution in [0.25, 0.3) is 0 Å². The lowest BCUT2D eigenvalue weighted by Gasteiger charge is -2.30. The van der Waals surface area contributed by atoms with Gasteiger partial charge in [-0.15, -0.1) is 0 Å². The van der Waals surface area contributed by atoms with Gasteiger partial charge in [-0.1, -0.05) is 78.4 Å². The quantitative estimate of drug-likeness (QED) is 0.549. The summed E-state index contributed by atoms with van der Waals surface area (Å²) in [6, 6.07) is 23.5. The van der Waals surface area contributed by atoms with Gasteiger partial charge < -0.3 is 5.32 Å². The molecule has 0 radical (unpaired) electrons. The third-order valence-corrected chi connectivity index (χ3v) is 8.02. The largest absolute Gasteiger partial charge is 0.324 e. The Morgan fingerprint density at radius 1 is 0.861 bits per heavy atom. The van der Waals surface area contributed by atoms with Crippen molar-refractivity contribution in [2.75, 3.05) is 11.9 Å². The van der Waals surface area contributed by atoms with Gasteiger partial charge in [0.1, 0.15) is 5.54 Å². The van der Waals surface area contributed by atoms with Gasteiger partial charge in [-0.05, 0) is 43.4 Å². The maximum atomic E-state index is 14.0. The smallest absolute Gasteiger partial charge is 0.250 e. The van der Waals surface area contributed by atoms with E-state index in [1.807, 2.05) is 86.6 Å². The monoisotopic (exact) mass is 479 g/mol. The molecule has 2 N–H and O–H groups in total. The molecule has 6 nitrogen and oxygen atoms in total. The highest BCUT2D eigenvalue weighted by molar-refractivity contribution is 6.15. The highest BCUT2D eigenvalue weighted by Crippen LogP contribution is 2.54. The molecule has 3 aliphatic heterocycles. The standard InChI is InChI=1S/C30H29N3O3/c1-18-15-19(2)26-22(16-18)30(29(36)31-26)25-24(23(32-30)17-21-11-7-4-8-12-21)27(34)33(28(25)35)14-13-20-9-5-3-6-10-20/h3-12,15-16,23-25,32H,13-14,17H2,1-2H3,(H,31,36)/t23-,24+,25+,30-/m0/s1. The Hall–Kier alpha value is -3.77. The SMILES string of the molecule is Cc1cc(C)c2c(c1)[C@@]1(N[C@@H](Cc3ccccc3)[C@H]3C(=O)N(CCc4ccccc4)C(=O)[C@@H]31)C(=O)N2. The first-order chi connectivity index (χ1) is 17.4. The topological polar surface area (TPSA) is 78.5 Å². The molecule has 36 heavy (non-hydrogen) atoms. The zero-order valence-electron chi connectivity index (χ0n) is 20.5. The molecule has 6 rings (SSSR count). The van der Waals surface area contributed by atoms with E-state index in [1.165, 1.54) is 4.90 Å². The first-order valence-corrected chi connectivity index (χ1v) is 12.5. The van der Waals surface area contributed by atoms with E-state index in [4.69, 9.17) is 0 Å². The number of likely N-dealkylation sites (tertiary alicyclic amines) is 1. The van der Waals surface area contributed by atoms with Crippen LogP contribution in [0.4, 0.5) is 5.69 Å². The number of anilines is 1. The molecular weight excluding hydrogens is 450 g/mol. The molecule has 6 heteroatoms. The van der Waals surface area contributed by atoms with Crippen LogP contribution in [0.15, 0.2) is 72.8 Å². The van der Waals surface area contributed by atoms with Crippen LogP contribution in [0.5, 0.6) is 0 Å². The fraction of sp³-hybridized carbons (Fsp3) is 0.300. The second-order valence-corrected chi connectivity index (χ2v) is 10.3. The normalized spacial score (nSPS) is 26.4. The molecule has 4 atom stereocenters. The summed E-state index contributed by atoms with van der Waals surface area (Å²) in [5, 5.41) is 6.60. The second-order valence-electron chi connectivity index (χ2n) is 10.3. The number of amides is 3. The van der Waals surface area contributed by atoms with E-state index in [2.05, 4.69) is 10.6 Å². The van der Waals surface area contributed by atoms with Crippen molar-refractivity contribution in [3.8, 4) is 0 Å². The molecule has 2 saturated heterocycles. The molecule has 0 saturated carbocycles. The predicted molar refractivity (Wildman–Crippen MR) is 137 cm³/mol. The van der Waals surface area contributed by atoms with Crippen molar-refractivity contribution in [3.05, 3.63) is 101 Å². The molecule has 3 heterocycles. The molecule has 3 aliphatic rings. The molecule has 3 amide bonds. The highest BCUT2D eigenvalue weighted by Gasteiger charge is 2.70. The minimum atomic E-state index is -1.26. The van der Waals surface area contributed by atoms with Crippen molar-refractivity contribution in [2.24, 2.45) is 11.8 Å². The lowest BCUT2D eigenvalue weighted by Crippen LogP contribution is -2.53. The van der Waals surface area contributed by atoms with Crippen LogP contribution >= 0.6 is 0 Å². The van der Waals surface area contributed by atoms with Crippen LogP contribution < -0.4 is 10.6 Å². The van der Waals surface area contributed by atoms with E-state index in [0.717, 1.165) is 33.5 Å². The maximum Gasteiger partial charge on any atom is 0.250 e. The average Bonchev–Trinajstić information content (AvgIpc) is 3.44. The number of carbonyl (C=O) groups excluding carboxylic acids is 3. The van der Waals surface area contributed by atoms with Gasteiger partial charge in [-0.2, -0.15) is 0 Å². The summed E-state index contributed by atoms with van der Waals surface area (Å²) in [7, 11) is 0. The average molecular weight is 480 g/mol. The highest BCUT2D eigenvalue weighted by atomic mass is 16.2.